The van der Waals surface area contributed by atoms with Gasteiger partial charge in [0.25, 0.3) is 0 Å². The number of amides is 2. The third-order valence-corrected chi connectivity index (χ3v) is 3.76. The van der Waals surface area contributed by atoms with E-state index in [2.05, 4.69) is 15.6 Å². The van der Waals surface area contributed by atoms with Crippen LogP contribution < -0.4 is 15.4 Å². The smallest absolute Gasteiger partial charge is 0.315 e. The molecule has 23 heavy (non-hydrogen) atoms. The Morgan fingerprint density at radius 1 is 1.30 bits per heavy atom. The van der Waals surface area contributed by atoms with E-state index in [0.717, 1.165) is 36.1 Å². The van der Waals surface area contributed by atoms with Crippen molar-refractivity contribution < 1.29 is 14.3 Å². The van der Waals surface area contributed by atoms with Gasteiger partial charge in [0.2, 0.25) is 0 Å². The maximum Gasteiger partial charge on any atom is 0.315 e. The van der Waals surface area contributed by atoms with Crippen molar-refractivity contribution >= 4 is 16.9 Å². The van der Waals surface area contributed by atoms with Crippen LogP contribution in [0, 0.1) is 0 Å². The lowest BCUT2D eigenvalue weighted by atomic mass is 10.2. The second kappa shape index (κ2) is 7.78. The molecule has 2 N–H and O–H groups in total. The maximum atomic E-state index is 11.7. The lowest BCUT2D eigenvalue weighted by molar-refractivity contribution is 0.111. The number of carbonyl (C=O) groups is 1. The molecule has 0 radical (unpaired) electrons. The van der Waals surface area contributed by atoms with Crippen molar-refractivity contribution in [2.75, 3.05) is 26.3 Å². The van der Waals surface area contributed by atoms with Crippen molar-refractivity contribution in [3.8, 4) is 5.75 Å². The number of benzene rings is 1. The molecule has 2 heterocycles. The van der Waals surface area contributed by atoms with Crippen LogP contribution in [-0.4, -0.2) is 43.4 Å². The van der Waals surface area contributed by atoms with Crippen LogP contribution in [0.15, 0.2) is 36.5 Å². The molecule has 1 unspecified atom stereocenters. The van der Waals surface area contributed by atoms with Crippen molar-refractivity contribution in [2.24, 2.45) is 0 Å². The number of pyridine rings is 1. The van der Waals surface area contributed by atoms with Crippen molar-refractivity contribution in [1.82, 2.24) is 15.6 Å². The van der Waals surface area contributed by atoms with Gasteiger partial charge in [-0.15, -0.1) is 0 Å². The second-order valence-corrected chi connectivity index (χ2v) is 5.45. The summed E-state index contributed by atoms with van der Waals surface area (Å²) in [7, 11) is 0. The van der Waals surface area contributed by atoms with Gasteiger partial charge in [0, 0.05) is 24.7 Å². The summed E-state index contributed by atoms with van der Waals surface area (Å²) in [5, 5.41) is 6.62. The van der Waals surface area contributed by atoms with Crippen LogP contribution in [0.25, 0.3) is 10.9 Å². The molecule has 1 aromatic carbocycles. The zero-order valence-corrected chi connectivity index (χ0v) is 13.0. The third-order valence-electron chi connectivity index (χ3n) is 3.76. The molecule has 1 aliphatic rings. The molecule has 0 spiro atoms. The zero-order valence-electron chi connectivity index (χ0n) is 13.0. The maximum absolute atomic E-state index is 11.7. The lowest BCUT2D eigenvalue weighted by Crippen LogP contribution is -2.41. The molecular formula is C17H21N3O3. The number of rotatable bonds is 6. The Bertz CT molecular complexity index is 651. The minimum atomic E-state index is -0.194. The highest BCUT2D eigenvalue weighted by Gasteiger charge is 2.15. The molecule has 0 bridgehead atoms. The fraction of sp³-hybridized carbons (Fsp3) is 0.412. The monoisotopic (exact) mass is 315 g/mol. The van der Waals surface area contributed by atoms with Gasteiger partial charge in [0.15, 0.2) is 0 Å². The van der Waals surface area contributed by atoms with Crippen LogP contribution in [-0.2, 0) is 4.74 Å². The Morgan fingerprint density at radius 3 is 3.09 bits per heavy atom. The van der Waals surface area contributed by atoms with Gasteiger partial charge < -0.3 is 20.1 Å². The van der Waals surface area contributed by atoms with Gasteiger partial charge in [-0.25, -0.2) is 4.79 Å². The van der Waals surface area contributed by atoms with Crippen molar-refractivity contribution in [2.45, 2.75) is 18.9 Å². The number of nitrogens with zero attached hydrogens (tertiary/aromatic N) is 1. The normalized spacial score (nSPS) is 17.1. The van der Waals surface area contributed by atoms with Crippen LogP contribution in [0.1, 0.15) is 12.8 Å². The minimum Gasteiger partial charge on any atom is -0.489 e. The summed E-state index contributed by atoms with van der Waals surface area (Å²) < 4.78 is 11.2. The molecule has 3 rings (SSSR count). The van der Waals surface area contributed by atoms with E-state index in [-0.39, 0.29) is 12.1 Å². The lowest BCUT2D eigenvalue weighted by Gasteiger charge is -2.12. The number of nitrogens with one attached hydrogen (secondary N) is 2. The molecule has 122 valence electrons. The highest BCUT2D eigenvalue weighted by molar-refractivity contribution is 5.84. The summed E-state index contributed by atoms with van der Waals surface area (Å²) in [6.07, 6.45) is 3.98. The van der Waals surface area contributed by atoms with E-state index in [4.69, 9.17) is 9.47 Å². The number of urea groups is 1. The van der Waals surface area contributed by atoms with E-state index < -0.39 is 0 Å². The number of ether oxygens (including phenoxy) is 2. The van der Waals surface area contributed by atoms with Gasteiger partial charge in [-0.3, -0.25) is 4.98 Å². The summed E-state index contributed by atoms with van der Waals surface area (Å²) >= 11 is 0. The number of hydrogen-bond donors (Lipinski definition) is 2. The summed E-state index contributed by atoms with van der Waals surface area (Å²) in [6.45, 7) is 2.17. The van der Waals surface area contributed by atoms with E-state index in [9.17, 15) is 4.79 Å². The number of hydrogen-bond acceptors (Lipinski definition) is 4. The Hall–Kier alpha value is -2.34. The molecule has 1 saturated heterocycles. The minimum absolute atomic E-state index is 0.152. The summed E-state index contributed by atoms with van der Waals surface area (Å²) in [5.74, 6) is 0.727. The Labute approximate surface area is 135 Å². The van der Waals surface area contributed by atoms with Crippen LogP contribution >= 0.6 is 0 Å². The first-order chi connectivity index (χ1) is 11.3. The highest BCUT2D eigenvalue weighted by Crippen LogP contribution is 2.22. The van der Waals surface area contributed by atoms with Crippen molar-refractivity contribution in [3.63, 3.8) is 0 Å². The Balaban J connectivity index is 1.39. The average Bonchev–Trinajstić information content (AvgIpc) is 3.10. The van der Waals surface area contributed by atoms with Gasteiger partial charge in [-0.1, -0.05) is 18.2 Å². The fourth-order valence-corrected chi connectivity index (χ4v) is 2.59. The predicted octanol–water partition coefficient (Wildman–Crippen LogP) is 2.09. The van der Waals surface area contributed by atoms with E-state index >= 15 is 0 Å². The van der Waals surface area contributed by atoms with E-state index in [0.29, 0.717) is 19.7 Å². The molecule has 1 aliphatic heterocycles. The first-order valence-corrected chi connectivity index (χ1v) is 7.93. The molecular weight excluding hydrogens is 294 g/mol. The second-order valence-electron chi connectivity index (χ2n) is 5.45. The van der Waals surface area contributed by atoms with Gasteiger partial charge in [0.1, 0.15) is 17.9 Å². The topological polar surface area (TPSA) is 72.5 Å². The highest BCUT2D eigenvalue weighted by atomic mass is 16.5. The molecule has 1 atom stereocenters. The van der Waals surface area contributed by atoms with Crippen LogP contribution in [0.5, 0.6) is 5.75 Å². The van der Waals surface area contributed by atoms with Gasteiger partial charge in [-0.05, 0) is 25.0 Å². The Kier molecular flexibility index (Phi) is 5.26. The third kappa shape index (κ3) is 4.32. The summed E-state index contributed by atoms with van der Waals surface area (Å²) in [6, 6.07) is 9.50. The first kappa shape index (κ1) is 15.6. The van der Waals surface area contributed by atoms with Gasteiger partial charge in [-0.2, -0.15) is 0 Å². The average molecular weight is 315 g/mol. The molecule has 1 aromatic heterocycles. The largest absolute Gasteiger partial charge is 0.489 e. The number of para-hydroxylation sites is 1. The fourth-order valence-electron chi connectivity index (χ4n) is 2.59. The molecule has 2 aromatic rings. The Morgan fingerprint density at radius 2 is 2.22 bits per heavy atom. The molecule has 0 aliphatic carbocycles. The van der Waals surface area contributed by atoms with Crippen LogP contribution in [0.3, 0.4) is 0 Å². The van der Waals surface area contributed by atoms with Crippen LogP contribution in [0.2, 0.25) is 0 Å². The molecule has 2 amide bonds. The van der Waals surface area contributed by atoms with E-state index in [1.165, 1.54) is 0 Å². The van der Waals surface area contributed by atoms with E-state index in [1.54, 1.807) is 6.20 Å². The number of aromatic nitrogens is 1. The summed E-state index contributed by atoms with van der Waals surface area (Å²) in [4.78, 5) is 16.0. The molecule has 6 heteroatoms. The number of carbonyl (C=O) groups excluding carboxylic acids is 1. The summed E-state index contributed by atoms with van der Waals surface area (Å²) in [5.41, 5.74) is 0.831. The first-order valence-electron chi connectivity index (χ1n) is 7.93. The van der Waals surface area contributed by atoms with Gasteiger partial charge in [0.05, 0.1) is 12.6 Å². The predicted molar refractivity (Wildman–Crippen MR) is 87.6 cm³/mol. The zero-order chi connectivity index (χ0) is 15.9. The standard InChI is InChI=1S/C17H21N3O3/c21-17(20-12-14-6-3-10-22-14)19-9-11-23-15-7-1-4-13-5-2-8-18-16(13)15/h1-2,4-5,7-8,14H,3,6,9-12H2,(H2,19,20,21). The van der Waals surface area contributed by atoms with Crippen molar-refractivity contribution in [1.29, 1.82) is 0 Å². The number of fused-ring (bicyclic) bond motifs is 1. The molecule has 0 saturated carbocycles. The SMILES string of the molecule is O=C(NCCOc1cccc2cccnc12)NCC1CCCO1. The van der Waals surface area contributed by atoms with E-state index in [1.807, 2.05) is 30.3 Å². The van der Waals surface area contributed by atoms with Crippen molar-refractivity contribution in [3.05, 3.63) is 36.5 Å². The molecule has 1 fully saturated rings. The molecule has 6 nitrogen and oxygen atoms in total. The quantitative estimate of drug-likeness (QED) is 0.801. The van der Waals surface area contributed by atoms with Crippen LogP contribution in [0.4, 0.5) is 4.79 Å². The van der Waals surface area contributed by atoms with Gasteiger partial charge >= 0.3 is 6.03 Å².